The molecule has 0 aliphatic rings. The highest BCUT2D eigenvalue weighted by Gasteiger charge is 2.08. The van der Waals surface area contributed by atoms with Crippen molar-refractivity contribution in [3.8, 4) is 5.75 Å². The third-order valence-corrected chi connectivity index (χ3v) is 4.33. The molecule has 0 fully saturated rings. The second-order valence-corrected chi connectivity index (χ2v) is 6.74. The van der Waals surface area contributed by atoms with Crippen LogP contribution in [0.1, 0.15) is 11.1 Å². The summed E-state index contributed by atoms with van der Waals surface area (Å²) in [6.45, 7) is 2.47. The third-order valence-electron chi connectivity index (χ3n) is 4.03. The minimum atomic E-state index is -0.363. The van der Waals surface area contributed by atoms with Gasteiger partial charge >= 0.3 is 0 Å². The van der Waals surface area contributed by atoms with Crippen LogP contribution in [0.4, 0.5) is 15.8 Å². The van der Waals surface area contributed by atoms with E-state index in [4.69, 9.17) is 16.3 Å². The number of hydrogen-bond acceptors (Lipinski definition) is 3. The van der Waals surface area contributed by atoms with Gasteiger partial charge in [-0.25, -0.2) is 4.39 Å². The molecule has 0 heterocycles. The van der Waals surface area contributed by atoms with E-state index in [1.807, 2.05) is 37.3 Å². The standard InChI is InChI=1S/C22H20ClFN2O2/c1-15-2-7-18(8-3-15)25-13-16-4-11-21(20(23)12-16)28-14-22(27)26-19-9-5-17(24)6-10-19/h2-12,25H,13-14H2,1H3,(H,26,27). The monoisotopic (exact) mass is 398 g/mol. The summed E-state index contributed by atoms with van der Waals surface area (Å²) in [6, 6.07) is 19.1. The first-order valence-corrected chi connectivity index (χ1v) is 9.14. The topological polar surface area (TPSA) is 50.4 Å². The van der Waals surface area contributed by atoms with Crippen LogP contribution in [-0.4, -0.2) is 12.5 Å². The second-order valence-electron chi connectivity index (χ2n) is 6.33. The Kier molecular flexibility index (Phi) is 6.50. The molecule has 0 radical (unpaired) electrons. The predicted octanol–water partition coefficient (Wildman–Crippen LogP) is 5.42. The quantitative estimate of drug-likeness (QED) is 0.559. The molecule has 3 aromatic carbocycles. The van der Waals surface area contributed by atoms with Crippen molar-refractivity contribution in [1.29, 1.82) is 0 Å². The Morgan fingerprint density at radius 1 is 1.00 bits per heavy atom. The number of benzene rings is 3. The Hall–Kier alpha value is -3.05. The van der Waals surface area contributed by atoms with E-state index in [1.54, 1.807) is 12.1 Å². The summed E-state index contributed by atoms with van der Waals surface area (Å²) >= 11 is 6.27. The molecule has 144 valence electrons. The molecule has 0 bridgehead atoms. The number of hydrogen-bond donors (Lipinski definition) is 2. The van der Waals surface area contributed by atoms with E-state index >= 15 is 0 Å². The molecule has 4 nitrogen and oxygen atoms in total. The van der Waals surface area contributed by atoms with Crippen molar-refractivity contribution in [2.24, 2.45) is 0 Å². The largest absolute Gasteiger partial charge is 0.482 e. The fourth-order valence-electron chi connectivity index (χ4n) is 2.52. The van der Waals surface area contributed by atoms with Gasteiger partial charge in [0, 0.05) is 17.9 Å². The summed E-state index contributed by atoms with van der Waals surface area (Å²) in [5.41, 5.74) is 3.73. The Bertz CT molecular complexity index is 944. The first kappa shape index (κ1) is 19.7. The maximum absolute atomic E-state index is 12.9. The first-order chi connectivity index (χ1) is 13.5. The fourth-order valence-corrected chi connectivity index (χ4v) is 2.78. The molecule has 2 N–H and O–H groups in total. The van der Waals surface area contributed by atoms with Crippen LogP contribution in [-0.2, 0) is 11.3 Å². The average molecular weight is 399 g/mol. The predicted molar refractivity (Wildman–Crippen MR) is 110 cm³/mol. The lowest BCUT2D eigenvalue weighted by atomic mass is 10.2. The van der Waals surface area contributed by atoms with Gasteiger partial charge in [0.15, 0.2) is 6.61 Å². The van der Waals surface area contributed by atoms with Crippen molar-refractivity contribution >= 4 is 28.9 Å². The van der Waals surface area contributed by atoms with Gasteiger partial charge in [0.2, 0.25) is 0 Å². The molecule has 0 aromatic heterocycles. The lowest BCUT2D eigenvalue weighted by Crippen LogP contribution is -2.20. The van der Waals surface area contributed by atoms with E-state index in [0.29, 0.717) is 23.0 Å². The molecule has 0 saturated heterocycles. The Morgan fingerprint density at radius 3 is 2.36 bits per heavy atom. The molecule has 1 amide bonds. The van der Waals surface area contributed by atoms with Crippen molar-refractivity contribution < 1.29 is 13.9 Å². The van der Waals surface area contributed by atoms with Gasteiger partial charge in [-0.15, -0.1) is 0 Å². The van der Waals surface area contributed by atoms with Gasteiger partial charge in [-0.2, -0.15) is 0 Å². The molecule has 0 saturated carbocycles. The Balaban J connectivity index is 1.51. The van der Waals surface area contributed by atoms with E-state index in [0.717, 1.165) is 11.3 Å². The smallest absolute Gasteiger partial charge is 0.262 e. The van der Waals surface area contributed by atoms with Crippen molar-refractivity contribution in [2.75, 3.05) is 17.2 Å². The number of halogens is 2. The van der Waals surface area contributed by atoms with Gasteiger partial charge in [-0.3, -0.25) is 4.79 Å². The summed E-state index contributed by atoms with van der Waals surface area (Å²) in [5, 5.41) is 6.38. The van der Waals surface area contributed by atoms with Crippen LogP contribution in [0.5, 0.6) is 5.75 Å². The molecule has 28 heavy (non-hydrogen) atoms. The van der Waals surface area contributed by atoms with Gasteiger partial charge in [-0.05, 0) is 61.0 Å². The zero-order chi connectivity index (χ0) is 19.9. The number of ether oxygens (including phenoxy) is 1. The van der Waals surface area contributed by atoms with Crippen LogP contribution in [0.25, 0.3) is 0 Å². The lowest BCUT2D eigenvalue weighted by Gasteiger charge is -2.11. The van der Waals surface area contributed by atoms with Crippen LogP contribution in [0.3, 0.4) is 0 Å². The minimum absolute atomic E-state index is 0.196. The summed E-state index contributed by atoms with van der Waals surface area (Å²) in [6.07, 6.45) is 0. The Morgan fingerprint density at radius 2 is 1.68 bits per heavy atom. The number of rotatable bonds is 7. The molecular weight excluding hydrogens is 379 g/mol. The maximum Gasteiger partial charge on any atom is 0.262 e. The van der Waals surface area contributed by atoms with Crippen molar-refractivity contribution in [3.63, 3.8) is 0 Å². The highest BCUT2D eigenvalue weighted by molar-refractivity contribution is 6.32. The van der Waals surface area contributed by atoms with Crippen molar-refractivity contribution in [2.45, 2.75) is 13.5 Å². The van der Waals surface area contributed by atoms with E-state index in [-0.39, 0.29) is 18.3 Å². The fraction of sp³-hybridized carbons (Fsp3) is 0.136. The average Bonchev–Trinajstić information content (AvgIpc) is 2.68. The van der Waals surface area contributed by atoms with Gasteiger partial charge in [0.1, 0.15) is 11.6 Å². The molecule has 3 aromatic rings. The number of nitrogens with one attached hydrogen (secondary N) is 2. The highest BCUT2D eigenvalue weighted by Crippen LogP contribution is 2.26. The molecule has 0 unspecified atom stereocenters. The van der Waals surface area contributed by atoms with E-state index < -0.39 is 0 Å². The summed E-state index contributed by atoms with van der Waals surface area (Å²) in [7, 11) is 0. The summed E-state index contributed by atoms with van der Waals surface area (Å²) in [4.78, 5) is 11.9. The van der Waals surface area contributed by atoms with E-state index in [2.05, 4.69) is 10.6 Å². The van der Waals surface area contributed by atoms with Gasteiger partial charge in [0.05, 0.1) is 5.02 Å². The molecule has 0 spiro atoms. The third kappa shape index (κ3) is 5.72. The van der Waals surface area contributed by atoms with Crippen LogP contribution < -0.4 is 15.4 Å². The number of amides is 1. The number of anilines is 2. The highest BCUT2D eigenvalue weighted by atomic mass is 35.5. The minimum Gasteiger partial charge on any atom is -0.482 e. The molecular formula is C22H20ClFN2O2. The van der Waals surface area contributed by atoms with Gasteiger partial charge < -0.3 is 15.4 Å². The zero-order valence-corrected chi connectivity index (χ0v) is 16.1. The van der Waals surface area contributed by atoms with Crippen molar-refractivity contribution in [3.05, 3.63) is 88.7 Å². The molecule has 6 heteroatoms. The molecule has 3 rings (SSSR count). The molecule has 0 aliphatic carbocycles. The second kappa shape index (κ2) is 9.24. The van der Waals surface area contributed by atoms with Crippen molar-refractivity contribution in [1.82, 2.24) is 0 Å². The number of aryl methyl sites for hydroxylation is 1. The summed E-state index contributed by atoms with van der Waals surface area (Å²) < 4.78 is 18.4. The maximum atomic E-state index is 12.9. The zero-order valence-electron chi connectivity index (χ0n) is 15.3. The van der Waals surface area contributed by atoms with E-state index in [9.17, 15) is 9.18 Å². The molecule has 0 atom stereocenters. The van der Waals surface area contributed by atoms with E-state index in [1.165, 1.54) is 29.8 Å². The van der Waals surface area contributed by atoms with Crippen LogP contribution in [0, 0.1) is 12.7 Å². The lowest BCUT2D eigenvalue weighted by molar-refractivity contribution is -0.118. The van der Waals surface area contributed by atoms with Crippen LogP contribution in [0.15, 0.2) is 66.7 Å². The summed E-state index contributed by atoms with van der Waals surface area (Å²) in [5.74, 6) is -0.291. The van der Waals surface area contributed by atoms with Gasteiger partial charge in [-0.1, -0.05) is 35.4 Å². The number of carbonyl (C=O) groups excluding carboxylic acids is 1. The number of carbonyl (C=O) groups is 1. The van der Waals surface area contributed by atoms with Gasteiger partial charge in [0.25, 0.3) is 5.91 Å². The molecule has 0 aliphatic heterocycles. The van der Waals surface area contributed by atoms with Crippen LogP contribution >= 0.6 is 11.6 Å². The SMILES string of the molecule is Cc1ccc(NCc2ccc(OCC(=O)Nc3ccc(F)cc3)c(Cl)c2)cc1. The van der Waals surface area contributed by atoms with Crippen LogP contribution in [0.2, 0.25) is 5.02 Å². The Labute approximate surface area is 168 Å². The first-order valence-electron chi connectivity index (χ1n) is 8.77. The normalized spacial score (nSPS) is 10.4.